The van der Waals surface area contributed by atoms with E-state index in [1.807, 2.05) is 42.5 Å². The molecule has 0 amide bonds. The highest BCUT2D eigenvalue weighted by Gasteiger charge is 2.19. The number of furan rings is 1. The number of thiophene rings is 1. The molecule has 134 valence electrons. The molecule has 1 aromatic carbocycles. The van der Waals surface area contributed by atoms with Crippen molar-refractivity contribution in [1.82, 2.24) is 9.66 Å². The van der Waals surface area contributed by atoms with E-state index < -0.39 is 0 Å². The second-order valence-electron chi connectivity index (χ2n) is 6.60. The summed E-state index contributed by atoms with van der Waals surface area (Å²) in [5.74, 6) is 1.36. The summed E-state index contributed by atoms with van der Waals surface area (Å²) in [6, 6.07) is 13.6. The van der Waals surface area contributed by atoms with Gasteiger partial charge in [-0.05, 0) is 43.4 Å². The predicted molar refractivity (Wildman–Crippen MR) is 108 cm³/mol. The highest BCUT2D eigenvalue weighted by molar-refractivity contribution is 7.18. The molecule has 0 saturated heterocycles. The first-order valence-electron chi connectivity index (χ1n) is 9.01. The average Bonchev–Trinajstić information content (AvgIpc) is 3.33. The zero-order valence-corrected chi connectivity index (χ0v) is 15.4. The zero-order chi connectivity index (χ0) is 18.2. The summed E-state index contributed by atoms with van der Waals surface area (Å²) in [4.78, 5) is 19.5. The van der Waals surface area contributed by atoms with Crippen LogP contribution in [0.3, 0.4) is 0 Å². The summed E-state index contributed by atoms with van der Waals surface area (Å²) >= 11 is 1.64. The SMILES string of the molecule is O=c1c2c3c(sc2ncn1/N=C/c1ccc(-c2ccccc2)o1)CCCC3. The minimum absolute atomic E-state index is 0.106. The van der Waals surface area contributed by atoms with Crippen LogP contribution in [0.2, 0.25) is 0 Å². The largest absolute Gasteiger partial charge is 0.455 e. The van der Waals surface area contributed by atoms with Crippen molar-refractivity contribution in [2.24, 2.45) is 5.10 Å². The lowest BCUT2D eigenvalue weighted by Crippen LogP contribution is -2.17. The van der Waals surface area contributed by atoms with Crippen LogP contribution in [0.15, 0.2) is 63.1 Å². The van der Waals surface area contributed by atoms with Gasteiger partial charge in [0, 0.05) is 10.4 Å². The van der Waals surface area contributed by atoms with E-state index in [9.17, 15) is 4.79 Å². The van der Waals surface area contributed by atoms with Gasteiger partial charge in [0.15, 0.2) is 0 Å². The molecule has 0 fully saturated rings. The van der Waals surface area contributed by atoms with Gasteiger partial charge in [0.1, 0.15) is 22.7 Å². The molecule has 6 heteroatoms. The molecule has 0 atom stereocenters. The minimum atomic E-state index is -0.106. The molecule has 5 nitrogen and oxygen atoms in total. The Morgan fingerprint density at radius 3 is 2.85 bits per heavy atom. The maximum atomic E-state index is 12.9. The summed E-state index contributed by atoms with van der Waals surface area (Å²) in [7, 11) is 0. The monoisotopic (exact) mass is 375 g/mol. The quantitative estimate of drug-likeness (QED) is 0.496. The highest BCUT2D eigenvalue weighted by Crippen LogP contribution is 2.33. The number of aromatic nitrogens is 2. The summed E-state index contributed by atoms with van der Waals surface area (Å²) in [6.45, 7) is 0. The van der Waals surface area contributed by atoms with Gasteiger partial charge in [-0.2, -0.15) is 9.78 Å². The first-order chi connectivity index (χ1) is 13.3. The Labute approximate surface area is 159 Å². The zero-order valence-electron chi connectivity index (χ0n) is 14.6. The number of hydrogen-bond donors (Lipinski definition) is 0. The van der Waals surface area contributed by atoms with E-state index in [0.29, 0.717) is 5.76 Å². The molecule has 1 aliphatic carbocycles. The lowest BCUT2D eigenvalue weighted by Gasteiger charge is -2.09. The third kappa shape index (κ3) is 2.92. The van der Waals surface area contributed by atoms with Crippen molar-refractivity contribution >= 4 is 27.8 Å². The Hall–Kier alpha value is -2.99. The molecule has 5 rings (SSSR count). The molecule has 0 saturated carbocycles. The molecule has 0 radical (unpaired) electrons. The van der Waals surface area contributed by atoms with Gasteiger partial charge in [0.25, 0.3) is 5.56 Å². The second-order valence-corrected chi connectivity index (χ2v) is 7.68. The van der Waals surface area contributed by atoms with Gasteiger partial charge in [-0.3, -0.25) is 4.79 Å². The van der Waals surface area contributed by atoms with E-state index in [2.05, 4.69) is 10.1 Å². The van der Waals surface area contributed by atoms with E-state index in [1.165, 1.54) is 27.9 Å². The molecular weight excluding hydrogens is 358 g/mol. The molecule has 4 aromatic rings. The Morgan fingerprint density at radius 1 is 1.11 bits per heavy atom. The minimum Gasteiger partial charge on any atom is -0.455 e. The van der Waals surface area contributed by atoms with Gasteiger partial charge >= 0.3 is 0 Å². The molecule has 0 aliphatic heterocycles. The van der Waals surface area contributed by atoms with E-state index in [1.54, 1.807) is 17.6 Å². The van der Waals surface area contributed by atoms with Crippen LogP contribution in [-0.2, 0) is 12.8 Å². The predicted octanol–water partition coefficient (Wildman–Crippen LogP) is 4.48. The number of nitrogens with zero attached hydrogens (tertiary/aromatic N) is 3. The number of aryl methyl sites for hydroxylation is 2. The molecular formula is C21H17N3O2S. The van der Waals surface area contributed by atoms with Gasteiger partial charge in [0.2, 0.25) is 0 Å². The maximum absolute atomic E-state index is 12.9. The molecule has 27 heavy (non-hydrogen) atoms. The van der Waals surface area contributed by atoms with E-state index in [0.717, 1.165) is 40.8 Å². The average molecular weight is 375 g/mol. The van der Waals surface area contributed by atoms with Gasteiger partial charge in [-0.1, -0.05) is 30.3 Å². The van der Waals surface area contributed by atoms with Crippen molar-refractivity contribution in [3.8, 4) is 11.3 Å². The van der Waals surface area contributed by atoms with Crippen LogP contribution < -0.4 is 5.56 Å². The van der Waals surface area contributed by atoms with Crippen LogP contribution in [0, 0.1) is 0 Å². The van der Waals surface area contributed by atoms with Gasteiger partial charge in [-0.25, -0.2) is 4.98 Å². The van der Waals surface area contributed by atoms with E-state index in [4.69, 9.17) is 4.42 Å². The third-order valence-electron chi connectivity index (χ3n) is 4.85. The summed E-state index contributed by atoms with van der Waals surface area (Å²) < 4.78 is 7.11. The maximum Gasteiger partial charge on any atom is 0.282 e. The number of hydrogen-bond acceptors (Lipinski definition) is 5. The highest BCUT2D eigenvalue weighted by atomic mass is 32.1. The smallest absolute Gasteiger partial charge is 0.282 e. The fraction of sp³-hybridized carbons (Fsp3) is 0.190. The van der Waals surface area contributed by atoms with Crippen molar-refractivity contribution in [3.63, 3.8) is 0 Å². The van der Waals surface area contributed by atoms with Crippen molar-refractivity contribution < 1.29 is 4.42 Å². The molecule has 0 bridgehead atoms. The first-order valence-corrected chi connectivity index (χ1v) is 9.83. The summed E-state index contributed by atoms with van der Waals surface area (Å²) in [5, 5.41) is 5.02. The van der Waals surface area contributed by atoms with Gasteiger partial charge < -0.3 is 4.42 Å². The second kappa shape index (κ2) is 6.63. The van der Waals surface area contributed by atoms with Crippen LogP contribution in [0.5, 0.6) is 0 Å². The van der Waals surface area contributed by atoms with Crippen LogP contribution in [0.1, 0.15) is 29.0 Å². The lowest BCUT2D eigenvalue weighted by atomic mass is 9.97. The summed E-state index contributed by atoms with van der Waals surface area (Å²) in [5.41, 5.74) is 2.07. The van der Waals surface area contributed by atoms with Crippen LogP contribution in [0.25, 0.3) is 21.5 Å². The van der Waals surface area contributed by atoms with Gasteiger partial charge in [0.05, 0.1) is 11.6 Å². The Balaban J connectivity index is 1.49. The lowest BCUT2D eigenvalue weighted by molar-refractivity contribution is 0.574. The number of benzene rings is 1. The van der Waals surface area contributed by atoms with Crippen LogP contribution >= 0.6 is 11.3 Å². The fourth-order valence-electron chi connectivity index (χ4n) is 3.52. The molecule has 1 aliphatic rings. The van der Waals surface area contributed by atoms with E-state index >= 15 is 0 Å². The standard InChI is InChI=1S/C21H17N3O2S/c25-21-19-16-8-4-5-9-18(16)27-20(19)22-13-24(21)23-12-15-10-11-17(26-15)14-6-2-1-3-7-14/h1-3,6-7,10-13H,4-5,8-9H2/b23-12+. The first kappa shape index (κ1) is 16.2. The molecule has 0 unspecified atom stereocenters. The molecule has 0 spiro atoms. The normalized spacial score (nSPS) is 14.1. The third-order valence-corrected chi connectivity index (χ3v) is 6.05. The van der Waals surface area contributed by atoms with E-state index in [-0.39, 0.29) is 5.56 Å². The molecule has 3 aromatic heterocycles. The van der Waals surface area contributed by atoms with Crippen LogP contribution in [0.4, 0.5) is 0 Å². The Bertz CT molecular complexity index is 1200. The van der Waals surface area contributed by atoms with Gasteiger partial charge in [-0.15, -0.1) is 11.3 Å². The van der Waals surface area contributed by atoms with Crippen molar-refractivity contribution in [2.75, 3.05) is 0 Å². The number of rotatable bonds is 3. The molecule has 0 N–H and O–H groups in total. The summed E-state index contributed by atoms with van der Waals surface area (Å²) in [6.07, 6.45) is 7.37. The Kier molecular flexibility index (Phi) is 3.98. The fourth-order valence-corrected chi connectivity index (χ4v) is 4.74. The van der Waals surface area contributed by atoms with Crippen molar-refractivity contribution in [1.29, 1.82) is 0 Å². The van der Waals surface area contributed by atoms with Crippen molar-refractivity contribution in [3.05, 3.63) is 75.3 Å². The Morgan fingerprint density at radius 2 is 1.96 bits per heavy atom. The topological polar surface area (TPSA) is 60.4 Å². The van der Waals surface area contributed by atoms with Crippen molar-refractivity contribution in [2.45, 2.75) is 25.7 Å². The number of fused-ring (bicyclic) bond motifs is 3. The van der Waals surface area contributed by atoms with Crippen LogP contribution in [-0.4, -0.2) is 15.9 Å². The molecule has 3 heterocycles.